The molecule has 0 aliphatic heterocycles. The average Bonchev–Trinajstić information content (AvgIpc) is 3.19. The van der Waals surface area contributed by atoms with Crippen molar-refractivity contribution in [2.75, 3.05) is 20.8 Å². The Morgan fingerprint density at radius 1 is 1.09 bits per heavy atom. The number of fused-ring (bicyclic) bond motifs is 1. The fourth-order valence-corrected chi connectivity index (χ4v) is 4.66. The number of H-pyrrole nitrogens is 1. The van der Waals surface area contributed by atoms with Crippen LogP contribution in [0.3, 0.4) is 0 Å². The number of ether oxygens (including phenoxy) is 3. The van der Waals surface area contributed by atoms with Crippen LogP contribution in [0.5, 0.6) is 11.5 Å². The molecule has 1 heterocycles. The van der Waals surface area contributed by atoms with E-state index < -0.39 is 5.97 Å². The number of aromatic nitrogens is 1. The minimum Gasteiger partial charge on any atom is -0.497 e. The van der Waals surface area contributed by atoms with Crippen LogP contribution in [0, 0.1) is 6.92 Å². The van der Waals surface area contributed by atoms with Crippen molar-refractivity contribution in [1.82, 2.24) is 4.98 Å². The van der Waals surface area contributed by atoms with Gasteiger partial charge in [0, 0.05) is 35.6 Å². The molecule has 0 radical (unpaired) electrons. The van der Waals surface area contributed by atoms with Gasteiger partial charge in [0.1, 0.15) is 17.2 Å². The Labute approximate surface area is 193 Å². The third-order valence-corrected chi connectivity index (χ3v) is 6.33. The number of methoxy groups -OCH3 is 2. The van der Waals surface area contributed by atoms with Crippen LogP contribution in [0.2, 0.25) is 0 Å². The van der Waals surface area contributed by atoms with Gasteiger partial charge in [-0.15, -0.1) is 0 Å². The van der Waals surface area contributed by atoms with Gasteiger partial charge in [0.15, 0.2) is 5.78 Å². The van der Waals surface area contributed by atoms with Crippen molar-refractivity contribution >= 4 is 11.8 Å². The summed E-state index contributed by atoms with van der Waals surface area (Å²) in [5.74, 6) is 0.924. The third-order valence-electron chi connectivity index (χ3n) is 6.33. The molecule has 3 aromatic rings. The quantitative estimate of drug-likeness (QED) is 0.515. The summed E-state index contributed by atoms with van der Waals surface area (Å²) in [7, 11) is 3.24. The van der Waals surface area contributed by atoms with E-state index in [1.54, 1.807) is 21.1 Å². The molecular formula is C27H29NO5. The molecular weight excluding hydrogens is 418 g/mol. The zero-order valence-corrected chi connectivity index (χ0v) is 19.5. The number of aryl methyl sites for hydroxylation is 1. The molecule has 2 aromatic carbocycles. The summed E-state index contributed by atoms with van der Waals surface area (Å²) in [6.07, 6.45) is 1.41. The number of nitrogens with one attached hydrogen (secondary N) is 1. The summed E-state index contributed by atoms with van der Waals surface area (Å²) in [6.45, 7) is 4.08. The lowest BCUT2D eigenvalue weighted by Crippen LogP contribution is -2.20. The van der Waals surface area contributed by atoms with Crippen LogP contribution in [0.25, 0.3) is 0 Å². The second kappa shape index (κ2) is 9.53. The summed E-state index contributed by atoms with van der Waals surface area (Å²) < 4.78 is 16.3. The van der Waals surface area contributed by atoms with Crippen LogP contribution in [0.4, 0.5) is 0 Å². The predicted octanol–water partition coefficient (Wildman–Crippen LogP) is 5.02. The molecule has 0 amide bonds. The van der Waals surface area contributed by atoms with Crippen LogP contribution < -0.4 is 9.47 Å². The monoisotopic (exact) mass is 447 g/mol. The first-order valence-corrected chi connectivity index (χ1v) is 11.2. The predicted molar refractivity (Wildman–Crippen MR) is 126 cm³/mol. The van der Waals surface area contributed by atoms with Crippen molar-refractivity contribution in [3.63, 3.8) is 0 Å². The molecule has 4 rings (SSSR count). The number of hydrogen-bond donors (Lipinski definition) is 1. The van der Waals surface area contributed by atoms with E-state index in [4.69, 9.17) is 14.2 Å². The Hall–Kier alpha value is -3.54. The Morgan fingerprint density at radius 2 is 1.88 bits per heavy atom. The minimum atomic E-state index is -0.432. The van der Waals surface area contributed by atoms with Crippen molar-refractivity contribution in [3.8, 4) is 11.5 Å². The van der Waals surface area contributed by atoms with Crippen LogP contribution in [0.15, 0.2) is 42.5 Å². The molecule has 1 aliphatic carbocycles. The van der Waals surface area contributed by atoms with Gasteiger partial charge < -0.3 is 19.2 Å². The first kappa shape index (κ1) is 22.6. The van der Waals surface area contributed by atoms with E-state index in [1.807, 2.05) is 49.4 Å². The molecule has 6 nitrogen and oxygen atoms in total. The van der Waals surface area contributed by atoms with Gasteiger partial charge in [0.25, 0.3) is 0 Å². The van der Waals surface area contributed by atoms with Crippen molar-refractivity contribution in [1.29, 1.82) is 0 Å². The van der Waals surface area contributed by atoms with Gasteiger partial charge in [0.05, 0.1) is 20.8 Å². The fraction of sp³-hybridized carbons (Fsp3) is 0.333. The molecule has 6 heteroatoms. The maximum Gasteiger partial charge on any atom is 0.355 e. The Morgan fingerprint density at radius 3 is 2.58 bits per heavy atom. The summed E-state index contributed by atoms with van der Waals surface area (Å²) in [5.41, 5.74) is 5.60. The molecule has 0 fully saturated rings. The Bertz CT molecular complexity index is 1190. The number of benzene rings is 2. The Balaban J connectivity index is 1.78. The van der Waals surface area contributed by atoms with E-state index in [2.05, 4.69) is 4.98 Å². The van der Waals surface area contributed by atoms with E-state index in [0.717, 1.165) is 27.9 Å². The number of rotatable bonds is 7. The Kier molecular flexibility index (Phi) is 6.54. The lowest BCUT2D eigenvalue weighted by atomic mass is 9.80. The number of Topliss-reactive ketones (excluding diaryl/α,β-unsaturated/α-hetero) is 1. The summed E-state index contributed by atoms with van der Waals surface area (Å²) in [4.78, 5) is 29.5. The van der Waals surface area contributed by atoms with Gasteiger partial charge in [-0.25, -0.2) is 4.79 Å². The number of ketones is 1. The van der Waals surface area contributed by atoms with E-state index in [-0.39, 0.29) is 18.3 Å². The minimum absolute atomic E-state index is 0.0153. The van der Waals surface area contributed by atoms with E-state index in [9.17, 15) is 9.59 Å². The summed E-state index contributed by atoms with van der Waals surface area (Å²) in [5, 5.41) is 0. The molecule has 1 atom stereocenters. The molecule has 0 saturated carbocycles. The largest absolute Gasteiger partial charge is 0.497 e. The van der Waals surface area contributed by atoms with Gasteiger partial charge >= 0.3 is 5.97 Å². The first-order valence-electron chi connectivity index (χ1n) is 11.2. The number of esters is 1. The SMILES string of the molecule is CCOC(=O)c1[nH]c2c(c1Cc1ccccc1C)C(=O)C[C@H](c1cc(OC)ccc1OC)C2. The van der Waals surface area contributed by atoms with E-state index in [0.29, 0.717) is 42.0 Å². The number of carbonyl (C=O) groups excluding carboxylic acids is 2. The molecule has 33 heavy (non-hydrogen) atoms. The van der Waals surface area contributed by atoms with Gasteiger partial charge in [0.2, 0.25) is 0 Å². The van der Waals surface area contributed by atoms with Crippen molar-refractivity contribution in [2.45, 2.75) is 39.0 Å². The van der Waals surface area contributed by atoms with E-state index >= 15 is 0 Å². The summed E-state index contributed by atoms with van der Waals surface area (Å²) >= 11 is 0. The molecule has 1 aliphatic rings. The van der Waals surface area contributed by atoms with Crippen LogP contribution in [-0.2, 0) is 17.6 Å². The van der Waals surface area contributed by atoms with E-state index in [1.165, 1.54) is 0 Å². The maximum atomic E-state index is 13.5. The molecule has 1 aromatic heterocycles. The third kappa shape index (κ3) is 4.38. The molecule has 0 spiro atoms. The van der Waals surface area contributed by atoms with Crippen LogP contribution in [0.1, 0.15) is 68.1 Å². The first-order chi connectivity index (χ1) is 16.0. The number of aromatic amines is 1. The molecule has 1 N–H and O–H groups in total. The molecule has 0 bridgehead atoms. The zero-order valence-electron chi connectivity index (χ0n) is 19.5. The smallest absolute Gasteiger partial charge is 0.355 e. The van der Waals surface area contributed by atoms with Crippen molar-refractivity contribution < 1.29 is 23.8 Å². The van der Waals surface area contributed by atoms with Crippen LogP contribution in [-0.4, -0.2) is 37.6 Å². The van der Waals surface area contributed by atoms with Crippen molar-refractivity contribution in [3.05, 3.63) is 81.7 Å². The highest BCUT2D eigenvalue weighted by atomic mass is 16.5. The van der Waals surface area contributed by atoms with Gasteiger partial charge in [-0.05, 0) is 55.2 Å². The fourth-order valence-electron chi connectivity index (χ4n) is 4.66. The highest BCUT2D eigenvalue weighted by molar-refractivity contribution is 6.04. The normalized spacial score (nSPS) is 15.2. The lowest BCUT2D eigenvalue weighted by molar-refractivity contribution is 0.0519. The number of carbonyl (C=O) groups is 2. The zero-order chi connectivity index (χ0) is 23.5. The van der Waals surface area contributed by atoms with Gasteiger partial charge in [-0.2, -0.15) is 0 Å². The highest BCUT2D eigenvalue weighted by Crippen LogP contribution is 2.40. The maximum absolute atomic E-state index is 13.5. The topological polar surface area (TPSA) is 77.6 Å². The molecule has 172 valence electrons. The van der Waals surface area contributed by atoms with Crippen LogP contribution >= 0.6 is 0 Å². The van der Waals surface area contributed by atoms with Gasteiger partial charge in [-0.3, -0.25) is 4.79 Å². The highest BCUT2D eigenvalue weighted by Gasteiger charge is 2.35. The molecule has 0 saturated heterocycles. The number of hydrogen-bond acceptors (Lipinski definition) is 5. The standard InChI is InChI=1S/C27H29NO5/c1-5-33-27(30)26-21(12-17-9-7-6-8-16(17)2)25-22(28-26)13-18(14-23(25)29)20-15-19(31-3)10-11-24(20)32-4/h6-11,15,18,28H,5,12-14H2,1-4H3/t18-/m1/s1. The van der Waals surface area contributed by atoms with Gasteiger partial charge in [-0.1, -0.05) is 24.3 Å². The molecule has 0 unspecified atom stereocenters. The second-order valence-electron chi connectivity index (χ2n) is 8.29. The second-order valence-corrected chi connectivity index (χ2v) is 8.29. The van der Waals surface area contributed by atoms with Crippen molar-refractivity contribution in [2.24, 2.45) is 0 Å². The summed E-state index contributed by atoms with van der Waals surface area (Å²) in [6, 6.07) is 13.6. The lowest BCUT2D eigenvalue weighted by Gasteiger charge is -2.24. The average molecular weight is 448 g/mol.